The molecule has 140 valence electrons. The average Bonchev–Trinajstić information content (AvgIpc) is 3.03. The molecular weight excluding hydrogens is 356 g/mol. The van der Waals surface area contributed by atoms with E-state index >= 15 is 0 Å². The van der Waals surface area contributed by atoms with Gasteiger partial charge in [0.15, 0.2) is 0 Å². The molecule has 0 bridgehead atoms. The molecule has 6 nitrogen and oxygen atoms in total. The second kappa shape index (κ2) is 7.25. The van der Waals surface area contributed by atoms with Gasteiger partial charge in [-0.1, -0.05) is 48.5 Å². The summed E-state index contributed by atoms with van der Waals surface area (Å²) >= 11 is 0. The van der Waals surface area contributed by atoms with Crippen LogP contribution in [0, 0.1) is 10.1 Å². The minimum atomic E-state index is -0.815. The molecule has 0 fully saturated rings. The third-order valence-electron chi connectivity index (χ3n) is 5.03. The molecule has 0 spiro atoms. The average molecular weight is 374 g/mol. The van der Waals surface area contributed by atoms with E-state index in [2.05, 4.69) is 5.32 Å². The predicted octanol–water partition coefficient (Wildman–Crippen LogP) is 3.65. The number of carbonyl (C=O) groups is 1. The molecule has 3 aromatic rings. The first-order valence-electron chi connectivity index (χ1n) is 8.94. The molecule has 2 N–H and O–H groups in total. The number of rotatable bonds is 4. The molecule has 28 heavy (non-hydrogen) atoms. The Bertz CT molecular complexity index is 1030. The Hall–Kier alpha value is -3.51. The SMILES string of the molecule is O=C(NC1c2cc([N+](=O)[O-])ccc2C[C@H]1O)c1ccc(-c2ccccc2)cc1. The smallest absolute Gasteiger partial charge is 0.269 e. The maximum absolute atomic E-state index is 12.7. The minimum absolute atomic E-state index is 0.0562. The quantitative estimate of drug-likeness (QED) is 0.538. The van der Waals surface area contributed by atoms with Crippen molar-refractivity contribution in [3.05, 3.63) is 99.6 Å². The lowest BCUT2D eigenvalue weighted by molar-refractivity contribution is -0.384. The number of non-ortho nitro benzene ring substituents is 1. The van der Waals surface area contributed by atoms with E-state index in [0.29, 0.717) is 17.5 Å². The molecule has 1 unspecified atom stereocenters. The Morgan fingerprint density at radius 1 is 1.00 bits per heavy atom. The van der Waals surface area contributed by atoms with E-state index in [1.807, 2.05) is 42.5 Å². The van der Waals surface area contributed by atoms with Crippen LogP contribution in [0.15, 0.2) is 72.8 Å². The van der Waals surface area contributed by atoms with Gasteiger partial charge in [-0.05, 0) is 34.4 Å². The molecule has 0 saturated heterocycles. The number of fused-ring (bicyclic) bond motifs is 1. The summed E-state index contributed by atoms with van der Waals surface area (Å²) in [5.74, 6) is -0.331. The van der Waals surface area contributed by atoms with Crippen molar-refractivity contribution in [3.8, 4) is 11.1 Å². The summed E-state index contributed by atoms with van der Waals surface area (Å²) in [6.45, 7) is 0. The van der Waals surface area contributed by atoms with Crippen molar-refractivity contribution in [2.24, 2.45) is 0 Å². The van der Waals surface area contributed by atoms with Crippen molar-refractivity contribution in [2.75, 3.05) is 0 Å². The lowest BCUT2D eigenvalue weighted by Gasteiger charge is -2.18. The van der Waals surface area contributed by atoms with Crippen LogP contribution in [0.3, 0.4) is 0 Å². The van der Waals surface area contributed by atoms with Crippen LogP contribution in [0.4, 0.5) is 5.69 Å². The van der Waals surface area contributed by atoms with E-state index in [4.69, 9.17) is 0 Å². The number of benzene rings is 3. The molecule has 0 saturated carbocycles. The van der Waals surface area contributed by atoms with Crippen molar-refractivity contribution in [2.45, 2.75) is 18.6 Å². The van der Waals surface area contributed by atoms with Crippen LogP contribution in [0.25, 0.3) is 11.1 Å². The van der Waals surface area contributed by atoms with Gasteiger partial charge in [-0.15, -0.1) is 0 Å². The molecule has 6 heteroatoms. The number of amides is 1. The molecule has 2 atom stereocenters. The molecule has 0 radical (unpaired) electrons. The zero-order chi connectivity index (χ0) is 19.7. The third-order valence-corrected chi connectivity index (χ3v) is 5.03. The highest BCUT2D eigenvalue weighted by Crippen LogP contribution is 2.34. The van der Waals surface area contributed by atoms with Crippen LogP contribution in [0.5, 0.6) is 0 Å². The van der Waals surface area contributed by atoms with E-state index in [9.17, 15) is 20.0 Å². The minimum Gasteiger partial charge on any atom is -0.390 e. The first-order valence-corrected chi connectivity index (χ1v) is 8.94. The van der Waals surface area contributed by atoms with Crippen LogP contribution >= 0.6 is 0 Å². The summed E-state index contributed by atoms with van der Waals surface area (Å²) in [6, 6.07) is 20.8. The van der Waals surface area contributed by atoms with E-state index in [1.165, 1.54) is 12.1 Å². The van der Waals surface area contributed by atoms with Gasteiger partial charge in [0.05, 0.1) is 17.1 Å². The van der Waals surface area contributed by atoms with E-state index in [-0.39, 0.29) is 11.6 Å². The van der Waals surface area contributed by atoms with E-state index in [0.717, 1.165) is 16.7 Å². The largest absolute Gasteiger partial charge is 0.390 e. The monoisotopic (exact) mass is 374 g/mol. The Kier molecular flexibility index (Phi) is 4.63. The van der Waals surface area contributed by atoms with Crippen LogP contribution in [-0.2, 0) is 6.42 Å². The second-order valence-corrected chi connectivity index (χ2v) is 6.81. The van der Waals surface area contributed by atoms with Gasteiger partial charge < -0.3 is 10.4 Å². The number of hydrogen-bond donors (Lipinski definition) is 2. The molecule has 1 amide bonds. The zero-order valence-electron chi connectivity index (χ0n) is 14.9. The molecule has 0 aliphatic heterocycles. The highest BCUT2D eigenvalue weighted by molar-refractivity contribution is 5.95. The first kappa shape index (κ1) is 17.9. The van der Waals surface area contributed by atoms with Gasteiger partial charge >= 0.3 is 0 Å². The van der Waals surface area contributed by atoms with Crippen LogP contribution < -0.4 is 5.32 Å². The van der Waals surface area contributed by atoms with Crippen LogP contribution in [0.2, 0.25) is 0 Å². The molecule has 4 rings (SSSR count). The summed E-state index contributed by atoms with van der Waals surface area (Å²) in [5.41, 5.74) is 3.87. The van der Waals surface area contributed by atoms with E-state index < -0.39 is 17.1 Å². The summed E-state index contributed by atoms with van der Waals surface area (Å²) in [7, 11) is 0. The van der Waals surface area contributed by atoms with Crippen molar-refractivity contribution in [1.82, 2.24) is 5.32 Å². The lowest BCUT2D eigenvalue weighted by Crippen LogP contribution is -2.33. The standard InChI is InChI=1S/C22H18N2O4/c25-20-12-17-10-11-18(24(27)28)13-19(17)21(20)23-22(26)16-8-6-15(7-9-16)14-4-2-1-3-5-14/h1-11,13,20-21,25H,12H2,(H,23,26)/t20-,21?/m1/s1. The number of nitrogens with zero attached hydrogens (tertiary/aromatic N) is 1. The summed E-state index contributed by atoms with van der Waals surface area (Å²) in [6.07, 6.45) is -0.463. The zero-order valence-corrected chi connectivity index (χ0v) is 14.9. The molecule has 1 aliphatic rings. The van der Waals surface area contributed by atoms with Gasteiger partial charge in [0.1, 0.15) is 0 Å². The summed E-state index contributed by atoms with van der Waals surface area (Å²) in [4.78, 5) is 23.2. The Morgan fingerprint density at radius 2 is 1.68 bits per heavy atom. The molecule has 3 aromatic carbocycles. The van der Waals surface area contributed by atoms with Crippen molar-refractivity contribution in [1.29, 1.82) is 0 Å². The fraction of sp³-hybridized carbons (Fsp3) is 0.136. The molecule has 0 aromatic heterocycles. The fourth-order valence-corrected chi connectivity index (χ4v) is 3.56. The number of hydrogen-bond acceptors (Lipinski definition) is 4. The van der Waals surface area contributed by atoms with Gasteiger partial charge in [-0.25, -0.2) is 0 Å². The van der Waals surface area contributed by atoms with Crippen LogP contribution in [0.1, 0.15) is 27.5 Å². The van der Waals surface area contributed by atoms with E-state index in [1.54, 1.807) is 18.2 Å². The van der Waals surface area contributed by atoms with Crippen LogP contribution in [-0.4, -0.2) is 22.0 Å². The predicted molar refractivity (Wildman–Crippen MR) is 105 cm³/mol. The number of carbonyl (C=O) groups excluding carboxylic acids is 1. The normalized spacial score (nSPS) is 17.8. The van der Waals surface area contributed by atoms with Crippen molar-refractivity contribution >= 4 is 11.6 Å². The maximum Gasteiger partial charge on any atom is 0.269 e. The van der Waals surface area contributed by atoms with Gasteiger partial charge in [0, 0.05) is 24.1 Å². The van der Waals surface area contributed by atoms with Gasteiger partial charge in [-0.2, -0.15) is 0 Å². The molecular formula is C22H18N2O4. The van der Waals surface area contributed by atoms with Crippen molar-refractivity contribution < 1.29 is 14.8 Å². The number of aliphatic hydroxyl groups excluding tert-OH is 1. The Morgan fingerprint density at radius 3 is 2.36 bits per heavy atom. The third kappa shape index (κ3) is 3.37. The number of nitro benzene ring substituents is 1. The Labute approximate surface area is 161 Å². The topological polar surface area (TPSA) is 92.5 Å². The van der Waals surface area contributed by atoms with Gasteiger partial charge in [0.25, 0.3) is 11.6 Å². The Balaban J connectivity index is 1.54. The summed E-state index contributed by atoms with van der Waals surface area (Å²) < 4.78 is 0. The summed E-state index contributed by atoms with van der Waals surface area (Å²) in [5, 5.41) is 24.2. The maximum atomic E-state index is 12.7. The number of aliphatic hydroxyl groups is 1. The second-order valence-electron chi connectivity index (χ2n) is 6.81. The number of nitrogens with one attached hydrogen (secondary N) is 1. The van der Waals surface area contributed by atoms with Gasteiger partial charge in [-0.3, -0.25) is 14.9 Å². The lowest BCUT2D eigenvalue weighted by atomic mass is 10.0. The van der Waals surface area contributed by atoms with Crippen molar-refractivity contribution in [3.63, 3.8) is 0 Å². The van der Waals surface area contributed by atoms with Gasteiger partial charge in [0.2, 0.25) is 0 Å². The first-order chi connectivity index (χ1) is 13.5. The molecule has 1 aliphatic carbocycles. The fourth-order valence-electron chi connectivity index (χ4n) is 3.56. The number of nitro groups is 1. The highest BCUT2D eigenvalue weighted by atomic mass is 16.6. The highest BCUT2D eigenvalue weighted by Gasteiger charge is 2.33. The molecule has 0 heterocycles.